The normalized spacial score (nSPS) is 11.9. The molecule has 0 saturated heterocycles. The van der Waals surface area contributed by atoms with Gasteiger partial charge in [0.15, 0.2) is 6.10 Å². The lowest BCUT2D eigenvalue weighted by Gasteiger charge is -2.10. The van der Waals surface area contributed by atoms with E-state index < -0.39 is 18.0 Å². The molecule has 0 aromatic rings. The predicted octanol–water partition coefficient (Wildman–Crippen LogP) is 0.891. The molecular weight excluding hydrogens is 160 g/mol. The molecular formula is C8H14O4. The van der Waals surface area contributed by atoms with E-state index in [0.29, 0.717) is 6.61 Å². The Morgan fingerprint density at radius 2 is 1.92 bits per heavy atom. The average Bonchev–Trinajstić information content (AvgIpc) is 2.04. The predicted molar refractivity (Wildman–Crippen MR) is 42.5 cm³/mol. The molecule has 0 rings (SSSR count). The number of hydrogen-bond acceptors (Lipinski definition) is 4. The van der Waals surface area contributed by atoms with Gasteiger partial charge in [0.25, 0.3) is 0 Å². The first-order valence-corrected chi connectivity index (χ1v) is 3.97. The monoisotopic (exact) mass is 174 g/mol. The van der Waals surface area contributed by atoms with Crippen LogP contribution in [0.5, 0.6) is 0 Å². The van der Waals surface area contributed by atoms with Crippen molar-refractivity contribution in [1.82, 2.24) is 0 Å². The average molecular weight is 174 g/mol. The minimum absolute atomic E-state index is 0.268. The van der Waals surface area contributed by atoms with Gasteiger partial charge in [0.05, 0.1) is 6.61 Å². The van der Waals surface area contributed by atoms with Gasteiger partial charge in [0.2, 0.25) is 0 Å². The Hall–Kier alpha value is -1.06. The van der Waals surface area contributed by atoms with E-state index in [1.165, 1.54) is 6.92 Å². The molecule has 0 fully saturated rings. The van der Waals surface area contributed by atoms with Crippen LogP contribution in [0.2, 0.25) is 0 Å². The summed E-state index contributed by atoms with van der Waals surface area (Å²) in [6, 6.07) is 0. The number of esters is 2. The lowest BCUT2D eigenvalue weighted by Crippen LogP contribution is -2.25. The number of carbonyl (C=O) groups excluding carboxylic acids is 2. The third-order valence-corrected chi connectivity index (χ3v) is 1.22. The lowest BCUT2D eigenvalue weighted by molar-refractivity contribution is -0.166. The SMILES string of the molecule is CCOC(=O)C(C)OC(=O)CC. The molecule has 0 aromatic carbocycles. The highest BCUT2D eigenvalue weighted by Crippen LogP contribution is 1.96. The molecule has 0 bridgehead atoms. The molecule has 0 aliphatic rings. The summed E-state index contributed by atoms with van der Waals surface area (Å²) in [5.74, 6) is -0.894. The summed E-state index contributed by atoms with van der Waals surface area (Å²) in [7, 11) is 0. The molecule has 1 atom stereocenters. The van der Waals surface area contributed by atoms with Gasteiger partial charge in [-0.15, -0.1) is 0 Å². The van der Waals surface area contributed by atoms with Gasteiger partial charge in [0.1, 0.15) is 0 Å². The van der Waals surface area contributed by atoms with Crippen molar-refractivity contribution in [3.8, 4) is 0 Å². The molecule has 70 valence electrons. The van der Waals surface area contributed by atoms with Crippen LogP contribution >= 0.6 is 0 Å². The van der Waals surface area contributed by atoms with Gasteiger partial charge in [-0.3, -0.25) is 4.79 Å². The Morgan fingerprint density at radius 3 is 2.33 bits per heavy atom. The zero-order chi connectivity index (χ0) is 9.56. The third kappa shape index (κ3) is 3.95. The Morgan fingerprint density at radius 1 is 1.33 bits per heavy atom. The molecule has 0 N–H and O–H groups in total. The van der Waals surface area contributed by atoms with E-state index in [2.05, 4.69) is 4.74 Å². The zero-order valence-electron chi connectivity index (χ0n) is 7.62. The highest BCUT2D eigenvalue weighted by molar-refractivity contribution is 5.78. The Bertz CT molecular complexity index is 164. The minimum atomic E-state index is -0.794. The van der Waals surface area contributed by atoms with Crippen LogP contribution < -0.4 is 0 Å². The molecule has 0 aliphatic carbocycles. The fourth-order valence-corrected chi connectivity index (χ4v) is 0.588. The van der Waals surface area contributed by atoms with Gasteiger partial charge >= 0.3 is 11.9 Å². The molecule has 0 saturated carbocycles. The van der Waals surface area contributed by atoms with Crippen molar-refractivity contribution in [2.45, 2.75) is 33.3 Å². The highest BCUT2D eigenvalue weighted by Gasteiger charge is 2.17. The van der Waals surface area contributed by atoms with E-state index >= 15 is 0 Å². The second-order valence-corrected chi connectivity index (χ2v) is 2.24. The summed E-state index contributed by atoms with van der Waals surface area (Å²) in [6.07, 6.45) is -0.526. The summed E-state index contributed by atoms with van der Waals surface area (Å²) in [6.45, 7) is 5.16. The van der Waals surface area contributed by atoms with Crippen LogP contribution in [-0.4, -0.2) is 24.6 Å². The van der Waals surface area contributed by atoms with E-state index in [0.717, 1.165) is 0 Å². The van der Waals surface area contributed by atoms with Crippen molar-refractivity contribution < 1.29 is 19.1 Å². The van der Waals surface area contributed by atoms with Crippen molar-refractivity contribution in [2.24, 2.45) is 0 Å². The van der Waals surface area contributed by atoms with E-state index in [4.69, 9.17) is 4.74 Å². The summed E-state index contributed by atoms with van der Waals surface area (Å²) in [4.78, 5) is 21.6. The van der Waals surface area contributed by atoms with E-state index in [1.54, 1.807) is 13.8 Å². The summed E-state index contributed by atoms with van der Waals surface area (Å²) in [5, 5.41) is 0. The maximum Gasteiger partial charge on any atom is 0.347 e. The summed E-state index contributed by atoms with van der Waals surface area (Å²) in [5.41, 5.74) is 0. The molecule has 0 aliphatic heterocycles. The van der Waals surface area contributed by atoms with E-state index in [-0.39, 0.29) is 6.42 Å². The zero-order valence-corrected chi connectivity index (χ0v) is 7.62. The number of hydrogen-bond donors (Lipinski definition) is 0. The van der Waals surface area contributed by atoms with E-state index in [1.807, 2.05) is 0 Å². The van der Waals surface area contributed by atoms with Gasteiger partial charge in [-0.05, 0) is 13.8 Å². The molecule has 0 amide bonds. The van der Waals surface area contributed by atoms with Crippen LogP contribution in [-0.2, 0) is 19.1 Å². The first-order chi connectivity index (χ1) is 5.61. The number of ether oxygens (including phenoxy) is 2. The molecule has 12 heavy (non-hydrogen) atoms. The van der Waals surface area contributed by atoms with Gasteiger partial charge in [-0.25, -0.2) is 4.79 Å². The van der Waals surface area contributed by atoms with Crippen molar-refractivity contribution in [2.75, 3.05) is 6.61 Å². The standard InChI is InChI=1S/C8H14O4/c1-4-7(9)12-6(3)8(10)11-5-2/h6H,4-5H2,1-3H3. The minimum Gasteiger partial charge on any atom is -0.463 e. The van der Waals surface area contributed by atoms with Gasteiger partial charge in [0, 0.05) is 6.42 Å². The van der Waals surface area contributed by atoms with Gasteiger partial charge in [-0.2, -0.15) is 0 Å². The van der Waals surface area contributed by atoms with Crippen LogP contribution in [0.1, 0.15) is 27.2 Å². The van der Waals surface area contributed by atoms with Gasteiger partial charge < -0.3 is 9.47 Å². The molecule has 4 heteroatoms. The first kappa shape index (κ1) is 10.9. The maximum atomic E-state index is 10.9. The second kappa shape index (κ2) is 5.57. The van der Waals surface area contributed by atoms with Crippen molar-refractivity contribution in [1.29, 1.82) is 0 Å². The van der Waals surface area contributed by atoms with Crippen molar-refractivity contribution in [3.63, 3.8) is 0 Å². The number of rotatable bonds is 4. The van der Waals surface area contributed by atoms with Crippen LogP contribution in [0.25, 0.3) is 0 Å². The Labute approximate surface area is 71.8 Å². The topological polar surface area (TPSA) is 52.6 Å². The smallest absolute Gasteiger partial charge is 0.347 e. The molecule has 0 spiro atoms. The van der Waals surface area contributed by atoms with Crippen LogP contribution in [0.3, 0.4) is 0 Å². The molecule has 4 nitrogen and oxygen atoms in total. The fraction of sp³-hybridized carbons (Fsp3) is 0.750. The molecule has 0 aromatic heterocycles. The lowest BCUT2D eigenvalue weighted by atomic mass is 10.4. The van der Waals surface area contributed by atoms with E-state index in [9.17, 15) is 9.59 Å². The van der Waals surface area contributed by atoms with Crippen LogP contribution in [0, 0.1) is 0 Å². The second-order valence-electron chi connectivity index (χ2n) is 2.24. The van der Waals surface area contributed by atoms with Crippen LogP contribution in [0.15, 0.2) is 0 Å². The molecule has 0 heterocycles. The highest BCUT2D eigenvalue weighted by atomic mass is 16.6. The quantitative estimate of drug-likeness (QED) is 0.594. The summed E-state index contributed by atoms with van der Waals surface area (Å²) < 4.78 is 9.33. The van der Waals surface area contributed by atoms with Crippen molar-refractivity contribution >= 4 is 11.9 Å². The summed E-state index contributed by atoms with van der Waals surface area (Å²) >= 11 is 0. The van der Waals surface area contributed by atoms with Gasteiger partial charge in [-0.1, -0.05) is 6.92 Å². The largest absolute Gasteiger partial charge is 0.463 e. The van der Waals surface area contributed by atoms with Crippen molar-refractivity contribution in [3.05, 3.63) is 0 Å². The van der Waals surface area contributed by atoms with Crippen LogP contribution in [0.4, 0.5) is 0 Å². The molecule has 1 unspecified atom stereocenters. The first-order valence-electron chi connectivity index (χ1n) is 3.97. The third-order valence-electron chi connectivity index (χ3n) is 1.22. The fourth-order valence-electron chi connectivity index (χ4n) is 0.588. The Balaban J connectivity index is 3.78. The maximum absolute atomic E-state index is 10.9. The number of carbonyl (C=O) groups is 2. The Kier molecular flexibility index (Phi) is 5.08. The molecule has 0 radical (unpaired) electrons.